The van der Waals surface area contributed by atoms with E-state index >= 15 is 0 Å². The quantitative estimate of drug-likeness (QED) is 0.452. The molecule has 0 saturated heterocycles. The molecule has 1 radical (unpaired) electrons. The van der Waals surface area contributed by atoms with E-state index in [2.05, 4.69) is 11.2 Å². The predicted molar refractivity (Wildman–Crippen MR) is 58.6 cm³/mol. The number of rotatable bonds is 4. The maximum atomic E-state index is 10.6. The first kappa shape index (κ1) is 11.0. The van der Waals surface area contributed by atoms with Crippen molar-refractivity contribution in [2.24, 2.45) is 0 Å². The summed E-state index contributed by atoms with van der Waals surface area (Å²) in [6, 6.07) is 6.13. The Kier molecular flexibility index (Phi) is 2.95. The van der Waals surface area contributed by atoms with Crippen molar-refractivity contribution >= 4 is 12.0 Å². The molecule has 0 spiro atoms. The van der Waals surface area contributed by atoms with E-state index in [0.717, 1.165) is 5.56 Å². The van der Waals surface area contributed by atoms with Crippen LogP contribution in [-0.4, -0.2) is 20.8 Å². The molecule has 0 amide bonds. The third-order valence-corrected chi connectivity index (χ3v) is 2.28. The molecule has 0 aliphatic rings. The number of nitro benzene ring substituents is 1. The van der Waals surface area contributed by atoms with E-state index < -0.39 is 4.92 Å². The van der Waals surface area contributed by atoms with Crippen molar-refractivity contribution in [1.82, 2.24) is 9.55 Å². The standard InChI is InChI=1S/C11H8N3O3/c15-8-11-12-5-6-13(11)7-9-1-3-10(4-2-9)14(16)17/h1-5,8H,7H2. The van der Waals surface area contributed by atoms with E-state index in [-0.39, 0.29) is 11.5 Å². The van der Waals surface area contributed by atoms with Crippen LogP contribution in [0.2, 0.25) is 0 Å². The number of aldehydes is 1. The number of nitrogens with zero attached hydrogens (tertiary/aromatic N) is 3. The summed E-state index contributed by atoms with van der Waals surface area (Å²) in [4.78, 5) is 24.5. The van der Waals surface area contributed by atoms with Crippen LogP contribution in [0.4, 0.5) is 5.69 Å². The maximum absolute atomic E-state index is 10.6. The molecular formula is C11H8N3O3. The summed E-state index contributed by atoms with van der Waals surface area (Å²) in [5.41, 5.74) is 0.881. The number of imidazole rings is 1. The zero-order valence-electron chi connectivity index (χ0n) is 8.74. The molecule has 0 saturated carbocycles. The monoisotopic (exact) mass is 230 g/mol. The zero-order chi connectivity index (χ0) is 12.3. The normalized spacial score (nSPS) is 10.1. The molecule has 0 unspecified atom stereocenters. The number of aromatic nitrogens is 2. The van der Waals surface area contributed by atoms with Crippen molar-refractivity contribution in [3.05, 3.63) is 58.2 Å². The van der Waals surface area contributed by atoms with Gasteiger partial charge >= 0.3 is 0 Å². The number of hydrogen-bond donors (Lipinski definition) is 0. The van der Waals surface area contributed by atoms with Crippen molar-refractivity contribution in [2.75, 3.05) is 0 Å². The van der Waals surface area contributed by atoms with Gasteiger partial charge in [0.25, 0.3) is 5.69 Å². The Balaban J connectivity index is 2.19. The number of hydrogen-bond acceptors (Lipinski definition) is 4. The molecule has 17 heavy (non-hydrogen) atoms. The van der Waals surface area contributed by atoms with Gasteiger partial charge in [0.05, 0.1) is 17.3 Å². The molecule has 1 heterocycles. The summed E-state index contributed by atoms with van der Waals surface area (Å²) in [5.74, 6) is 0.281. The lowest BCUT2D eigenvalue weighted by Crippen LogP contribution is -2.03. The third-order valence-electron chi connectivity index (χ3n) is 2.28. The highest BCUT2D eigenvalue weighted by Crippen LogP contribution is 2.13. The van der Waals surface area contributed by atoms with Gasteiger partial charge < -0.3 is 4.57 Å². The molecule has 0 aliphatic heterocycles. The average molecular weight is 230 g/mol. The van der Waals surface area contributed by atoms with E-state index in [1.165, 1.54) is 18.3 Å². The van der Waals surface area contributed by atoms with E-state index in [1.807, 2.05) is 0 Å². The second kappa shape index (κ2) is 4.56. The van der Waals surface area contributed by atoms with Crippen molar-refractivity contribution in [1.29, 1.82) is 0 Å². The smallest absolute Gasteiger partial charge is 0.269 e. The third kappa shape index (κ3) is 2.36. The Morgan fingerprint density at radius 3 is 2.71 bits per heavy atom. The number of nitro groups is 1. The molecule has 0 fully saturated rings. The van der Waals surface area contributed by atoms with Crippen molar-refractivity contribution in [3.63, 3.8) is 0 Å². The maximum Gasteiger partial charge on any atom is 0.269 e. The van der Waals surface area contributed by atoms with Gasteiger partial charge in [-0.2, -0.15) is 0 Å². The lowest BCUT2D eigenvalue weighted by atomic mass is 10.2. The minimum atomic E-state index is -0.454. The molecule has 85 valence electrons. The van der Waals surface area contributed by atoms with Crippen LogP contribution in [0.1, 0.15) is 16.2 Å². The Morgan fingerprint density at radius 2 is 2.12 bits per heavy atom. The number of carbonyl (C=O) groups excluding carboxylic acids is 1. The highest BCUT2D eigenvalue weighted by Gasteiger charge is 2.06. The summed E-state index contributed by atoms with van der Waals surface area (Å²) in [7, 11) is 0. The van der Waals surface area contributed by atoms with Crippen LogP contribution in [0.5, 0.6) is 0 Å². The minimum absolute atomic E-state index is 0.0407. The highest BCUT2D eigenvalue weighted by atomic mass is 16.6. The van der Waals surface area contributed by atoms with Gasteiger partial charge in [-0.25, -0.2) is 4.98 Å². The van der Waals surface area contributed by atoms with E-state index in [0.29, 0.717) is 12.8 Å². The van der Waals surface area contributed by atoms with Crippen LogP contribution in [0.15, 0.2) is 30.5 Å². The SMILES string of the molecule is O=Cc1nc[c]n1Cc1ccc([N+](=O)[O-])cc1. The minimum Gasteiger partial charge on any atom is -0.316 e. The molecule has 6 heteroatoms. The lowest BCUT2D eigenvalue weighted by molar-refractivity contribution is -0.384. The Bertz CT molecular complexity index is 545. The number of benzene rings is 1. The van der Waals surface area contributed by atoms with Gasteiger partial charge in [-0.1, -0.05) is 12.1 Å². The Hall–Kier alpha value is -2.50. The van der Waals surface area contributed by atoms with Crippen LogP contribution in [0, 0.1) is 16.3 Å². The second-order valence-corrected chi connectivity index (χ2v) is 3.37. The first-order chi connectivity index (χ1) is 8.20. The van der Waals surface area contributed by atoms with E-state index in [9.17, 15) is 14.9 Å². The summed E-state index contributed by atoms with van der Waals surface area (Å²) in [6.07, 6.45) is 4.84. The van der Waals surface area contributed by atoms with Gasteiger partial charge in [-0.05, 0) is 5.56 Å². The van der Waals surface area contributed by atoms with Gasteiger partial charge in [-0.3, -0.25) is 14.9 Å². The van der Waals surface area contributed by atoms with Crippen molar-refractivity contribution in [3.8, 4) is 0 Å². The van der Waals surface area contributed by atoms with Crippen LogP contribution in [0.25, 0.3) is 0 Å². The fraction of sp³-hybridized carbons (Fsp3) is 0.0909. The van der Waals surface area contributed by atoms with Crippen molar-refractivity contribution in [2.45, 2.75) is 6.54 Å². The van der Waals surface area contributed by atoms with Gasteiger partial charge in [0.2, 0.25) is 0 Å². The molecule has 0 N–H and O–H groups in total. The molecule has 0 aliphatic carbocycles. The lowest BCUT2D eigenvalue weighted by Gasteiger charge is -2.03. The fourth-order valence-electron chi connectivity index (χ4n) is 1.43. The van der Waals surface area contributed by atoms with E-state index in [4.69, 9.17) is 0 Å². The molecule has 0 bridgehead atoms. The topological polar surface area (TPSA) is 78.0 Å². The molecule has 1 aromatic heterocycles. The summed E-state index contributed by atoms with van der Waals surface area (Å²) >= 11 is 0. The Morgan fingerprint density at radius 1 is 1.41 bits per heavy atom. The predicted octanol–water partition coefficient (Wildman–Crippen LogP) is 1.45. The summed E-state index contributed by atoms with van der Waals surface area (Å²) in [5, 5.41) is 10.5. The molecular weight excluding hydrogens is 222 g/mol. The number of carbonyl (C=O) groups is 1. The molecule has 1 aromatic carbocycles. The van der Waals surface area contributed by atoms with E-state index in [1.54, 1.807) is 16.7 Å². The Labute approximate surface area is 96.7 Å². The number of non-ortho nitro benzene ring substituents is 1. The fourth-order valence-corrected chi connectivity index (χ4v) is 1.43. The zero-order valence-corrected chi connectivity index (χ0v) is 8.74. The first-order valence-electron chi connectivity index (χ1n) is 4.82. The van der Waals surface area contributed by atoms with Gasteiger partial charge in [-0.15, -0.1) is 0 Å². The molecule has 0 atom stereocenters. The molecule has 2 aromatic rings. The first-order valence-corrected chi connectivity index (χ1v) is 4.82. The van der Waals surface area contributed by atoms with Crippen LogP contribution in [0.3, 0.4) is 0 Å². The van der Waals surface area contributed by atoms with Crippen LogP contribution >= 0.6 is 0 Å². The largest absolute Gasteiger partial charge is 0.316 e. The second-order valence-electron chi connectivity index (χ2n) is 3.37. The van der Waals surface area contributed by atoms with Crippen LogP contribution < -0.4 is 0 Å². The van der Waals surface area contributed by atoms with Crippen molar-refractivity contribution < 1.29 is 9.72 Å². The summed E-state index contributed by atoms with van der Waals surface area (Å²) in [6.45, 7) is 0.409. The highest BCUT2D eigenvalue weighted by molar-refractivity contribution is 5.69. The van der Waals surface area contributed by atoms with Gasteiger partial charge in [0.1, 0.15) is 0 Å². The van der Waals surface area contributed by atoms with Gasteiger partial charge in [0.15, 0.2) is 12.1 Å². The summed E-state index contributed by atoms with van der Waals surface area (Å²) < 4.78 is 1.55. The molecule has 2 rings (SSSR count). The average Bonchev–Trinajstić information content (AvgIpc) is 2.77. The van der Waals surface area contributed by atoms with Gasteiger partial charge in [0, 0.05) is 18.7 Å². The van der Waals surface area contributed by atoms with Crippen LogP contribution in [-0.2, 0) is 6.54 Å². The molecule has 6 nitrogen and oxygen atoms in total.